The van der Waals surface area contributed by atoms with Gasteiger partial charge in [-0.15, -0.1) is 13.2 Å². The molecule has 0 radical (unpaired) electrons. The fourth-order valence-corrected chi connectivity index (χ4v) is 2.92. The standard InChI is InChI=1S/C21H14F3N5O4/c22-21(23,24)32-15-6-4-13(5-7-15)19-26-20(33-28-19)16-8-9-17(30)29(27-16)11-12-2-1-3-14(10-12)18(25)31/h1-10H,11H2,(H2,25,31). The van der Waals surface area contributed by atoms with Gasteiger partial charge in [0.1, 0.15) is 11.4 Å². The van der Waals surface area contributed by atoms with Gasteiger partial charge in [-0.2, -0.15) is 10.1 Å². The van der Waals surface area contributed by atoms with E-state index in [1.807, 2.05) is 0 Å². The molecule has 2 N–H and O–H groups in total. The van der Waals surface area contributed by atoms with E-state index in [0.29, 0.717) is 16.7 Å². The first-order valence-electron chi connectivity index (χ1n) is 9.35. The fraction of sp³-hybridized carbons (Fsp3) is 0.0952. The summed E-state index contributed by atoms with van der Waals surface area (Å²) in [5.74, 6) is -0.871. The third-order valence-electron chi connectivity index (χ3n) is 4.40. The normalized spacial score (nSPS) is 11.4. The van der Waals surface area contributed by atoms with Crippen molar-refractivity contribution >= 4 is 5.91 Å². The van der Waals surface area contributed by atoms with Gasteiger partial charge in [-0.3, -0.25) is 9.59 Å². The Bertz CT molecular complexity index is 1360. The Morgan fingerprint density at radius 3 is 2.55 bits per heavy atom. The van der Waals surface area contributed by atoms with Gasteiger partial charge in [0.05, 0.1) is 6.54 Å². The molecule has 4 aromatic rings. The highest BCUT2D eigenvalue weighted by atomic mass is 19.4. The zero-order valence-electron chi connectivity index (χ0n) is 16.6. The molecule has 12 heteroatoms. The number of aromatic nitrogens is 4. The van der Waals surface area contributed by atoms with Gasteiger partial charge in [0.2, 0.25) is 11.7 Å². The number of halogens is 3. The van der Waals surface area contributed by atoms with Gasteiger partial charge in [0.25, 0.3) is 11.4 Å². The number of primary amides is 1. The van der Waals surface area contributed by atoms with Crippen molar-refractivity contribution in [3.05, 3.63) is 82.1 Å². The van der Waals surface area contributed by atoms with Gasteiger partial charge in [-0.1, -0.05) is 17.3 Å². The van der Waals surface area contributed by atoms with Crippen LogP contribution in [0.15, 0.2) is 70.0 Å². The highest BCUT2D eigenvalue weighted by Gasteiger charge is 2.31. The van der Waals surface area contributed by atoms with E-state index in [1.54, 1.807) is 24.3 Å². The van der Waals surface area contributed by atoms with Gasteiger partial charge in [0, 0.05) is 17.2 Å². The van der Waals surface area contributed by atoms with Crippen LogP contribution < -0.4 is 16.0 Å². The minimum atomic E-state index is -4.79. The number of nitrogens with zero attached hydrogens (tertiary/aromatic N) is 4. The monoisotopic (exact) mass is 457 g/mol. The number of rotatable bonds is 6. The smallest absolute Gasteiger partial charge is 0.406 e. The molecule has 0 aliphatic heterocycles. The molecule has 0 aliphatic carbocycles. The molecule has 33 heavy (non-hydrogen) atoms. The number of carbonyl (C=O) groups excluding carboxylic acids is 1. The van der Waals surface area contributed by atoms with Crippen molar-refractivity contribution in [2.45, 2.75) is 12.9 Å². The number of alkyl halides is 3. The highest BCUT2D eigenvalue weighted by Crippen LogP contribution is 2.26. The van der Waals surface area contributed by atoms with E-state index in [0.717, 1.165) is 16.8 Å². The topological polar surface area (TPSA) is 126 Å². The second-order valence-corrected chi connectivity index (χ2v) is 6.77. The quantitative estimate of drug-likeness (QED) is 0.472. The van der Waals surface area contributed by atoms with Crippen molar-refractivity contribution in [1.82, 2.24) is 19.9 Å². The molecule has 1 amide bonds. The average Bonchev–Trinajstić information content (AvgIpc) is 3.25. The zero-order valence-corrected chi connectivity index (χ0v) is 16.6. The average molecular weight is 457 g/mol. The van der Waals surface area contributed by atoms with Crippen LogP contribution in [0.5, 0.6) is 5.75 Å². The Labute approximate surface area is 183 Å². The molecule has 0 unspecified atom stereocenters. The lowest BCUT2D eigenvalue weighted by Gasteiger charge is -2.08. The van der Waals surface area contributed by atoms with Crippen molar-refractivity contribution in [2.24, 2.45) is 5.73 Å². The summed E-state index contributed by atoms with van der Waals surface area (Å²) >= 11 is 0. The Hall–Kier alpha value is -4.48. The van der Waals surface area contributed by atoms with Crippen LogP contribution in [0, 0.1) is 0 Å². The Kier molecular flexibility index (Phi) is 5.65. The molecule has 0 atom stereocenters. The van der Waals surface area contributed by atoms with Gasteiger partial charge in [-0.05, 0) is 48.0 Å². The first kappa shape index (κ1) is 21.7. The van der Waals surface area contributed by atoms with E-state index in [1.165, 1.54) is 24.3 Å². The number of amides is 1. The van der Waals surface area contributed by atoms with Crippen LogP contribution in [-0.4, -0.2) is 32.2 Å². The van der Waals surface area contributed by atoms with Crippen molar-refractivity contribution in [2.75, 3.05) is 0 Å². The highest BCUT2D eigenvalue weighted by molar-refractivity contribution is 5.92. The van der Waals surface area contributed by atoms with Gasteiger partial charge in [0.15, 0.2) is 0 Å². The van der Waals surface area contributed by atoms with Crippen LogP contribution in [0.25, 0.3) is 23.0 Å². The maximum absolute atomic E-state index is 12.3. The summed E-state index contributed by atoms with van der Waals surface area (Å²) in [6.45, 7) is 0.0649. The SMILES string of the molecule is NC(=O)c1cccc(Cn2nc(-c3nc(-c4ccc(OC(F)(F)F)cc4)no3)ccc2=O)c1. The van der Waals surface area contributed by atoms with Gasteiger partial charge in [-0.25, -0.2) is 4.68 Å². The Balaban J connectivity index is 1.57. The number of benzene rings is 2. The molecule has 9 nitrogen and oxygen atoms in total. The number of nitrogens with two attached hydrogens (primary N) is 1. The van der Waals surface area contributed by atoms with E-state index in [4.69, 9.17) is 10.3 Å². The second kappa shape index (κ2) is 8.57. The van der Waals surface area contributed by atoms with Crippen LogP contribution in [0.2, 0.25) is 0 Å². The molecular formula is C21H14F3N5O4. The first-order valence-corrected chi connectivity index (χ1v) is 9.35. The Morgan fingerprint density at radius 2 is 1.85 bits per heavy atom. The molecule has 168 valence electrons. The maximum Gasteiger partial charge on any atom is 0.573 e. The van der Waals surface area contributed by atoms with E-state index in [2.05, 4.69) is 20.0 Å². The lowest BCUT2D eigenvalue weighted by molar-refractivity contribution is -0.274. The molecule has 2 heterocycles. The largest absolute Gasteiger partial charge is 0.573 e. The Morgan fingerprint density at radius 1 is 1.09 bits per heavy atom. The molecular weight excluding hydrogens is 443 g/mol. The van der Waals surface area contributed by atoms with Crippen molar-refractivity contribution < 1.29 is 27.2 Å². The van der Waals surface area contributed by atoms with Crippen molar-refractivity contribution in [3.63, 3.8) is 0 Å². The van der Waals surface area contributed by atoms with E-state index >= 15 is 0 Å². The lowest BCUT2D eigenvalue weighted by Crippen LogP contribution is -2.23. The van der Waals surface area contributed by atoms with Gasteiger partial charge >= 0.3 is 6.36 Å². The van der Waals surface area contributed by atoms with Gasteiger partial charge < -0.3 is 15.0 Å². The number of hydrogen-bond acceptors (Lipinski definition) is 7. The molecule has 0 fully saturated rings. The maximum atomic E-state index is 12.3. The molecule has 2 aromatic heterocycles. The second-order valence-electron chi connectivity index (χ2n) is 6.77. The molecule has 0 spiro atoms. The van der Waals surface area contributed by atoms with E-state index in [9.17, 15) is 22.8 Å². The molecule has 0 saturated carbocycles. The van der Waals surface area contributed by atoms with Crippen molar-refractivity contribution in [1.29, 1.82) is 0 Å². The molecule has 0 bridgehead atoms. The third kappa shape index (κ3) is 5.23. The summed E-state index contributed by atoms with van der Waals surface area (Å²) in [5.41, 5.74) is 6.40. The first-order chi connectivity index (χ1) is 15.7. The fourth-order valence-electron chi connectivity index (χ4n) is 2.92. The lowest BCUT2D eigenvalue weighted by atomic mass is 10.1. The summed E-state index contributed by atoms with van der Waals surface area (Å²) in [7, 11) is 0. The van der Waals surface area contributed by atoms with Crippen LogP contribution in [0.3, 0.4) is 0 Å². The van der Waals surface area contributed by atoms with Crippen LogP contribution in [-0.2, 0) is 6.54 Å². The molecule has 0 saturated heterocycles. The number of hydrogen-bond donors (Lipinski definition) is 1. The zero-order chi connectivity index (χ0) is 23.6. The van der Waals surface area contributed by atoms with Crippen LogP contribution in [0.1, 0.15) is 15.9 Å². The van der Waals surface area contributed by atoms with Crippen LogP contribution >= 0.6 is 0 Å². The minimum absolute atomic E-state index is 0.000236. The van der Waals surface area contributed by atoms with Crippen molar-refractivity contribution in [3.8, 4) is 28.7 Å². The van der Waals surface area contributed by atoms with Crippen LogP contribution in [0.4, 0.5) is 13.2 Å². The predicted octanol–water partition coefficient (Wildman–Crippen LogP) is 3.01. The summed E-state index contributed by atoms with van der Waals surface area (Å²) in [5, 5.41) is 8.03. The van der Waals surface area contributed by atoms with E-state index < -0.39 is 17.8 Å². The summed E-state index contributed by atoms with van der Waals surface area (Å²) in [4.78, 5) is 27.8. The molecule has 4 rings (SSSR count). The predicted molar refractivity (Wildman–Crippen MR) is 108 cm³/mol. The molecule has 0 aliphatic rings. The number of ether oxygens (including phenoxy) is 1. The number of carbonyl (C=O) groups is 1. The minimum Gasteiger partial charge on any atom is -0.406 e. The van der Waals surface area contributed by atoms with E-state index in [-0.39, 0.29) is 29.7 Å². The summed E-state index contributed by atoms with van der Waals surface area (Å²) < 4.78 is 47.1. The third-order valence-corrected chi connectivity index (χ3v) is 4.40. The summed E-state index contributed by atoms with van der Waals surface area (Å²) in [6.07, 6.45) is -4.79. The molecule has 2 aromatic carbocycles. The summed E-state index contributed by atoms with van der Waals surface area (Å²) in [6, 6.07) is 14.1.